The molecule has 0 saturated carbocycles. The lowest BCUT2D eigenvalue weighted by Crippen LogP contribution is -2.12. The second-order valence-corrected chi connectivity index (χ2v) is 5.89. The van der Waals surface area contributed by atoms with Gasteiger partial charge >= 0.3 is 0 Å². The molecule has 0 bridgehead atoms. The molecule has 0 aliphatic rings. The molecule has 1 aromatic carbocycles. The van der Waals surface area contributed by atoms with E-state index in [1.165, 1.54) is 10.3 Å². The van der Waals surface area contributed by atoms with Crippen LogP contribution in [0.2, 0.25) is 0 Å². The number of thiazole rings is 1. The van der Waals surface area contributed by atoms with Gasteiger partial charge < -0.3 is 5.32 Å². The van der Waals surface area contributed by atoms with Crippen LogP contribution in [0, 0.1) is 0 Å². The van der Waals surface area contributed by atoms with Crippen molar-refractivity contribution in [1.82, 2.24) is 4.98 Å². The van der Waals surface area contributed by atoms with Gasteiger partial charge in [0.1, 0.15) is 0 Å². The highest BCUT2D eigenvalue weighted by Gasteiger charge is 2.07. The van der Waals surface area contributed by atoms with E-state index in [2.05, 4.69) is 56.2 Å². The molecule has 2 rings (SSSR count). The van der Waals surface area contributed by atoms with Crippen molar-refractivity contribution in [3.8, 4) is 0 Å². The van der Waals surface area contributed by atoms with Crippen LogP contribution in [-0.4, -0.2) is 11.0 Å². The van der Waals surface area contributed by atoms with Gasteiger partial charge in [-0.1, -0.05) is 38.2 Å². The van der Waals surface area contributed by atoms with Crippen LogP contribution in [0.1, 0.15) is 45.6 Å². The van der Waals surface area contributed by atoms with E-state index in [0.717, 1.165) is 17.1 Å². The summed E-state index contributed by atoms with van der Waals surface area (Å²) in [6.07, 6.45) is 1.12. The monoisotopic (exact) mass is 248 g/mol. The molecule has 0 amide bonds. The molecule has 1 aromatic heterocycles. The summed E-state index contributed by atoms with van der Waals surface area (Å²) < 4.78 is 1.28. The number of hydrogen-bond donors (Lipinski definition) is 1. The average molecular weight is 248 g/mol. The maximum Gasteiger partial charge on any atom is 0.183 e. The Balaban J connectivity index is 2.30. The van der Waals surface area contributed by atoms with Gasteiger partial charge in [0, 0.05) is 6.04 Å². The number of nitrogens with zero attached hydrogens (tertiary/aromatic N) is 1. The molecule has 1 atom stereocenters. The largest absolute Gasteiger partial charge is 0.359 e. The highest BCUT2D eigenvalue weighted by molar-refractivity contribution is 7.22. The molecule has 0 aliphatic heterocycles. The van der Waals surface area contributed by atoms with Crippen molar-refractivity contribution in [2.24, 2.45) is 0 Å². The highest BCUT2D eigenvalue weighted by atomic mass is 32.1. The van der Waals surface area contributed by atoms with Crippen LogP contribution in [0.4, 0.5) is 5.13 Å². The van der Waals surface area contributed by atoms with Gasteiger partial charge in [-0.2, -0.15) is 0 Å². The zero-order chi connectivity index (χ0) is 12.4. The summed E-state index contributed by atoms with van der Waals surface area (Å²) in [6, 6.07) is 7.06. The fraction of sp³-hybridized carbons (Fsp3) is 0.500. The second kappa shape index (κ2) is 5.05. The summed E-state index contributed by atoms with van der Waals surface area (Å²) in [5, 5.41) is 4.47. The number of anilines is 1. The summed E-state index contributed by atoms with van der Waals surface area (Å²) in [7, 11) is 0. The predicted octanol–water partition coefficient (Wildman–Crippen LogP) is 4.63. The number of aromatic nitrogens is 1. The Kier molecular flexibility index (Phi) is 3.67. The van der Waals surface area contributed by atoms with Gasteiger partial charge in [0.2, 0.25) is 0 Å². The van der Waals surface area contributed by atoms with E-state index in [9.17, 15) is 0 Å². The van der Waals surface area contributed by atoms with E-state index in [1.807, 2.05) is 0 Å². The zero-order valence-corrected chi connectivity index (χ0v) is 11.8. The third-order valence-corrected chi connectivity index (χ3v) is 4.01. The predicted molar refractivity (Wildman–Crippen MR) is 77.1 cm³/mol. The summed E-state index contributed by atoms with van der Waals surface area (Å²) in [5.41, 5.74) is 2.49. The Morgan fingerprint density at radius 3 is 2.71 bits per heavy atom. The van der Waals surface area contributed by atoms with Crippen molar-refractivity contribution in [3.05, 3.63) is 23.8 Å². The normalized spacial score (nSPS) is 13.2. The van der Waals surface area contributed by atoms with Crippen molar-refractivity contribution in [1.29, 1.82) is 0 Å². The molecular formula is C14H20N2S. The lowest BCUT2D eigenvalue weighted by atomic mass is 10.0. The molecule has 1 unspecified atom stereocenters. The van der Waals surface area contributed by atoms with Crippen LogP contribution in [0.3, 0.4) is 0 Å². The number of rotatable bonds is 4. The molecule has 3 heteroatoms. The molecule has 0 spiro atoms. The maximum absolute atomic E-state index is 4.61. The minimum atomic E-state index is 0.486. The fourth-order valence-electron chi connectivity index (χ4n) is 1.67. The zero-order valence-electron chi connectivity index (χ0n) is 10.9. The van der Waals surface area contributed by atoms with E-state index in [-0.39, 0.29) is 0 Å². The minimum absolute atomic E-state index is 0.486. The average Bonchev–Trinajstić information content (AvgIpc) is 2.69. The Hall–Kier alpha value is -1.09. The Morgan fingerprint density at radius 2 is 2.06 bits per heavy atom. The Morgan fingerprint density at radius 1 is 1.29 bits per heavy atom. The Labute approximate surface area is 107 Å². The molecule has 17 heavy (non-hydrogen) atoms. The van der Waals surface area contributed by atoms with Crippen molar-refractivity contribution in [2.75, 3.05) is 5.32 Å². The molecular weight excluding hydrogens is 228 g/mol. The minimum Gasteiger partial charge on any atom is -0.359 e. The molecule has 0 aliphatic carbocycles. The first kappa shape index (κ1) is 12.4. The van der Waals surface area contributed by atoms with Gasteiger partial charge in [-0.05, 0) is 37.0 Å². The fourth-order valence-corrected chi connectivity index (χ4v) is 2.70. The lowest BCUT2D eigenvalue weighted by molar-refractivity contribution is 0.763. The summed E-state index contributed by atoms with van der Waals surface area (Å²) in [5.74, 6) is 0.576. The van der Waals surface area contributed by atoms with E-state index in [4.69, 9.17) is 0 Å². The van der Waals surface area contributed by atoms with Crippen molar-refractivity contribution >= 4 is 26.7 Å². The molecule has 1 heterocycles. The Bertz CT molecular complexity index is 502. The third kappa shape index (κ3) is 2.78. The maximum atomic E-state index is 4.61. The quantitative estimate of drug-likeness (QED) is 0.853. The van der Waals surface area contributed by atoms with Gasteiger partial charge in [0.05, 0.1) is 10.2 Å². The van der Waals surface area contributed by atoms with Crippen LogP contribution in [0.15, 0.2) is 18.2 Å². The summed E-state index contributed by atoms with van der Waals surface area (Å²) in [6.45, 7) is 8.81. The van der Waals surface area contributed by atoms with Crippen molar-refractivity contribution in [2.45, 2.75) is 46.1 Å². The van der Waals surface area contributed by atoms with Crippen LogP contribution in [0.25, 0.3) is 10.2 Å². The second-order valence-electron chi connectivity index (χ2n) is 4.85. The number of benzene rings is 1. The van der Waals surface area contributed by atoms with E-state index < -0.39 is 0 Å². The van der Waals surface area contributed by atoms with Gasteiger partial charge in [-0.15, -0.1) is 0 Å². The first-order valence-corrected chi connectivity index (χ1v) is 7.08. The number of hydrogen-bond acceptors (Lipinski definition) is 3. The van der Waals surface area contributed by atoms with Crippen LogP contribution in [0.5, 0.6) is 0 Å². The number of nitrogens with one attached hydrogen (secondary N) is 1. The summed E-state index contributed by atoms with van der Waals surface area (Å²) in [4.78, 5) is 4.61. The highest BCUT2D eigenvalue weighted by Crippen LogP contribution is 2.29. The van der Waals surface area contributed by atoms with Crippen molar-refractivity contribution < 1.29 is 0 Å². The summed E-state index contributed by atoms with van der Waals surface area (Å²) >= 11 is 1.75. The standard InChI is InChI=1S/C14H20N2S/c1-5-10(4)15-14-16-12-7-6-11(9(2)3)8-13(12)17-14/h6-10H,5H2,1-4H3,(H,15,16). The molecule has 1 N–H and O–H groups in total. The van der Waals surface area contributed by atoms with Gasteiger partial charge in [0.15, 0.2) is 5.13 Å². The first-order chi connectivity index (χ1) is 8.10. The van der Waals surface area contributed by atoms with Crippen LogP contribution >= 0.6 is 11.3 Å². The lowest BCUT2D eigenvalue weighted by Gasteiger charge is -2.08. The first-order valence-electron chi connectivity index (χ1n) is 6.27. The van der Waals surface area contributed by atoms with Crippen molar-refractivity contribution in [3.63, 3.8) is 0 Å². The topological polar surface area (TPSA) is 24.9 Å². The SMILES string of the molecule is CCC(C)Nc1nc2ccc(C(C)C)cc2s1. The molecule has 2 nitrogen and oxygen atoms in total. The van der Waals surface area contributed by atoms with Gasteiger partial charge in [0.25, 0.3) is 0 Å². The van der Waals surface area contributed by atoms with Gasteiger partial charge in [-0.25, -0.2) is 4.98 Å². The smallest absolute Gasteiger partial charge is 0.183 e. The molecule has 0 saturated heterocycles. The van der Waals surface area contributed by atoms with E-state index >= 15 is 0 Å². The molecule has 0 fully saturated rings. The van der Waals surface area contributed by atoms with Crippen LogP contribution in [-0.2, 0) is 0 Å². The van der Waals surface area contributed by atoms with Gasteiger partial charge in [-0.3, -0.25) is 0 Å². The molecule has 2 aromatic rings. The molecule has 92 valence electrons. The third-order valence-electron chi connectivity index (χ3n) is 3.06. The van der Waals surface area contributed by atoms with E-state index in [1.54, 1.807) is 11.3 Å². The number of fused-ring (bicyclic) bond motifs is 1. The van der Waals surface area contributed by atoms with E-state index in [0.29, 0.717) is 12.0 Å². The van der Waals surface area contributed by atoms with Crippen LogP contribution < -0.4 is 5.32 Å². The molecule has 0 radical (unpaired) electrons.